The maximum atomic E-state index is 11.9. The molecule has 1 saturated heterocycles. The van der Waals surface area contributed by atoms with Gasteiger partial charge in [-0.2, -0.15) is 0 Å². The standard InChI is InChI=1S/C18H14Br2N2O3/c1-22-17(23)15(21-18(22)24)9-12-4-7-16(14(20)8-12)25-10-11-2-5-13(19)6-3-11/h2-9H,10H2,1H3,(H,21,24)/b15-9+. The molecule has 1 aliphatic heterocycles. The predicted octanol–water partition coefficient (Wildman–Crippen LogP) is 4.31. The van der Waals surface area contributed by atoms with Gasteiger partial charge in [0, 0.05) is 11.5 Å². The van der Waals surface area contributed by atoms with Crippen LogP contribution in [0.4, 0.5) is 4.79 Å². The van der Waals surface area contributed by atoms with E-state index in [1.54, 1.807) is 6.08 Å². The Bertz CT molecular complexity index is 863. The largest absolute Gasteiger partial charge is 0.488 e. The summed E-state index contributed by atoms with van der Waals surface area (Å²) in [7, 11) is 1.44. The number of nitrogens with zero attached hydrogens (tertiary/aromatic N) is 1. The molecule has 0 bridgehead atoms. The molecule has 0 aromatic heterocycles. The van der Waals surface area contributed by atoms with E-state index < -0.39 is 6.03 Å². The Kier molecular flexibility index (Phi) is 5.24. The van der Waals surface area contributed by atoms with Crippen LogP contribution < -0.4 is 10.1 Å². The normalized spacial score (nSPS) is 15.6. The second-order valence-electron chi connectivity index (χ2n) is 5.46. The third-order valence-corrected chi connectivity index (χ3v) is 4.80. The predicted molar refractivity (Wildman–Crippen MR) is 102 cm³/mol. The minimum absolute atomic E-state index is 0.253. The lowest BCUT2D eigenvalue weighted by Gasteiger charge is -2.09. The highest BCUT2D eigenvalue weighted by atomic mass is 79.9. The fourth-order valence-corrected chi connectivity index (χ4v) is 3.03. The number of carbonyl (C=O) groups is 2. The van der Waals surface area contributed by atoms with Crippen molar-refractivity contribution in [2.24, 2.45) is 0 Å². The number of carbonyl (C=O) groups excluding carboxylic acids is 2. The van der Waals surface area contributed by atoms with Gasteiger partial charge >= 0.3 is 6.03 Å². The summed E-state index contributed by atoms with van der Waals surface area (Å²) in [6, 6.07) is 13.0. The molecule has 1 heterocycles. The van der Waals surface area contributed by atoms with Gasteiger partial charge in [-0.15, -0.1) is 0 Å². The molecule has 1 fully saturated rings. The van der Waals surface area contributed by atoms with Gasteiger partial charge < -0.3 is 10.1 Å². The molecule has 0 aliphatic carbocycles. The summed E-state index contributed by atoms with van der Waals surface area (Å²) in [6.07, 6.45) is 1.63. The van der Waals surface area contributed by atoms with Gasteiger partial charge in [-0.3, -0.25) is 9.69 Å². The Morgan fingerprint density at radius 2 is 1.84 bits per heavy atom. The molecule has 3 amide bonds. The van der Waals surface area contributed by atoms with Gasteiger partial charge in [0.2, 0.25) is 0 Å². The Labute approximate surface area is 161 Å². The number of urea groups is 1. The van der Waals surface area contributed by atoms with Crippen molar-refractivity contribution in [1.82, 2.24) is 10.2 Å². The molecular weight excluding hydrogens is 452 g/mol. The van der Waals surface area contributed by atoms with Crippen LogP contribution in [0, 0.1) is 0 Å². The van der Waals surface area contributed by atoms with Crippen molar-refractivity contribution in [2.75, 3.05) is 7.05 Å². The van der Waals surface area contributed by atoms with Crippen molar-refractivity contribution < 1.29 is 14.3 Å². The quantitative estimate of drug-likeness (QED) is 0.540. The fourth-order valence-electron chi connectivity index (χ4n) is 2.26. The Balaban J connectivity index is 1.72. The molecule has 2 aromatic rings. The lowest BCUT2D eigenvalue weighted by atomic mass is 10.2. The number of ether oxygens (including phenoxy) is 1. The van der Waals surface area contributed by atoms with Crippen LogP contribution in [0.2, 0.25) is 0 Å². The molecule has 1 aliphatic rings. The van der Waals surface area contributed by atoms with Crippen LogP contribution in [0.25, 0.3) is 6.08 Å². The molecular formula is C18H14Br2N2O3. The Morgan fingerprint density at radius 1 is 1.12 bits per heavy atom. The highest BCUT2D eigenvalue weighted by Crippen LogP contribution is 2.28. The molecule has 0 saturated carbocycles. The smallest absolute Gasteiger partial charge is 0.328 e. The van der Waals surface area contributed by atoms with E-state index in [-0.39, 0.29) is 11.6 Å². The van der Waals surface area contributed by atoms with Gasteiger partial charge in [-0.25, -0.2) is 4.79 Å². The molecule has 25 heavy (non-hydrogen) atoms. The molecule has 1 N–H and O–H groups in total. The van der Waals surface area contributed by atoms with Gasteiger partial charge in [-0.1, -0.05) is 34.1 Å². The lowest BCUT2D eigenvalue weighted by Crippen LogP contribution is -2.25. The summed E-state index contributed by atoms with van der Waals surface area (Å²) < 4.78 is 7.61. The molecule has 3 rings (SSSR count). The number of imide groups is 1. The van der Waals surface area contributed by atoms with Gasteiger partial charge in [0.1, 0.15) is 18.1 Å². The third-order valence-electron chi connectivity index (χ3n) is 3.66. The van der Waals surface area contributed by atoms with Crippen molar-refractivity contribution in [3.05, 3.63) is 68.2 Å². The first kappa shape index (κ1) is 17.7. The van der Waals surface area contributed by atoms with Crippen LogP contribution >= 0.6 is 31.9 Å². The fraction of sp³-hybridized carbons (Fsp3) is 0.111. The minimum Gasteiger partial charge on any atom is -0.488 e. The SMILES string of the molecule is CN1C(=O)N/C(=C/c2ccc(OCc3ccc(Br)cc3)c(Br)c2)C1=O. The zero-order valence-electron chi connectivity index (χ0n) is 13.3. The zero-order valence-corrected chi connectivity index (χ0v) is 16.4. The molecule has 5 nitrogen and oxygen atoms in total. The van der Waals surface area contributed by atoms with E-state index in [4.69, 9.17) is 4.74 Å². The van der Waals surface area contributed by atoms with Gasteiger partial charge in [0.25, 0.3) is 5.91 Å². The Hall–Kier alpha value is -2.12. The molecule has 0 atom stereocenters. The topological polar surface area (TPSA) is 58.6 Å². The third kappa shape index (κ3) is 4.11. The lowest BCUT2D eigenvalue weighted by molar-refractivity contribution is -0.121. The molecule has 0 radical (unpaired) electrons. The van der Waals surface area contributed by atoms with Crippen LogP contribution in [0.1, 0.15) is 11.1 Å². The molecule has 2 aromatic carbocycles. The van der Waals surface area contributed by atoms with Crippen LogP contribution in [0.5, 0.6) is 5.75 Å². The van der Waals surface area contributed by atoms with E-state index >= 15 is 0 Å². The monoisotopic (exact) mass is 464 g/mol. The first-order chi connectivity index (χ1) is 11.9. The van der Waals surface area contributed by atoms with E-state index in [1.807, 2.05) is 42.5 Å². The average molecular weight is 466 g/mol. The Morgan fingerprint density at radius 3 is 2.44 bits per heavy atom. The number of likely N-dealkylation sites (N-methyl/N-ethyl adjacent to an activating group) is 1. The van der Waals surface area contributed by atoms with Crippen molar-refractivity contribution >= 4 is 49.9 Å². The molecule has 7 heteroatoms. The summed E-state index contributed by atoms with van der Waals surface area (Å²) in [5.41, 5.74) is 2.09. The van der Waals surface area contributed by atoms with Crippen LogP contribution in [0.3, 0.4) is 0 Å². The minimum atomic E-state index is -0.426. The number of hydrogen-bond acceptors (Lipinski definition) is 3. The highest BCUT2D eigenvalue weighted by Gasteiger charge is 2.29. The summed E-state index contributed by atoms with van der Waals surface area (Å²) in [5, 5.41) is 2.54. The number of nitrogens with one attached hydrogen (secondary N) is 1. The van der Waals surface area contributed by atoms with Gasteiger partial charge in [0.15, 0.2) is 0 Å². The maximum absolute atomic E-state index is 11.9. The van der Waals surface area contributed by atoms with E-state index in [9.17, 15) is 9.59 Å². The number of halogens is 2. The average Bonchev–Trinajstić information content (AvgIpc) is 2.83. The summed E-state index contributed by atoms with van der Waals surface area (Å²) in [4.78, 5) is 24.4. The molecule has 0 spiro atoms. The van der Waals surface area contributed by atoms with Gasteiger partial charge in [-0.05, 0) is 57.4 Å². The van der Waals surface area contributed by atoms with Crippen LogP contribution in [-0.4, -0.2) is 23.9 Å². The summed E-state index contributed by atoms with van der Waals surface area (Å²) in [6.45, 7) is 0.450. The van der Waals surface area contributed by atoms with E-state index in [0.717, 1.165) is 25.0 Å². The number of hydrogen-bond donors (Lipinski definition) is 1. The molecule has 128 valence electrons. The summed E-state index contributed by atoms with van der Waals surface area (Å²) >= 11 is 6.88. The van der Waals surface area contributed by atoms with E-state index in [1.165, 1.54) is 7.05 Å². The first-order valence-electron chi connectivity index (χ1n) is 7.41. The highest BCUT2D eigenvalue weighted by molar-refractivity contribution is 9.10. The van der Waals surface area contributed by atoms with E-state index in [2.05, 4.69) is 37.2 Å². The molecule has 0 unspecified atom stereocenters. The second-order valence-corrected chi connectivity index (χ2v) is 7.23. The first-order valence-corrected chi connectivity index (χ1v) is 9.00. The van der Waals surface area contributed by atoms with Crippen molar-refractivity contribution in [3.63, 3.8) is 0 Å². The summed E-state index contributed by atoms with van der Waals surface area (Å²) in [5.74, 6) is 0.348. The van der Waals surface area contributed by atoms with Crippen LogP contribution in [0.15, 0.2) is 57.1 Å². The number of rotatable bonds is 4. The van der Waals surface area contributed by atoms with Crippen LogP contribution in [-0.2, 0) is 11.4 Å². The number of amides is 3. The zero-order chi connectivity index (χ0) is 18.0. The van der Waals surface area contributed by atoms with Gasteiger partial charge in [0.05, 0.1) is 4.47 Å². The van der Waals surface area contributed by atoms with Crippen molar-refractivity contribution in [1.29, 1.82) is 0 Å². The van der Waals surface area contributed by atoms with E-state index in [0.29, 0.717) is 12.4 Å². The number of benzene rings is 2. The van der Waals surface area contributed by atoms with Crippen molar-refractivity contribution in [3.8, 4) is 5.75 Å². The maximum Gasteiger partial charge on any atom is 0.328 e. The second kappa shape index (κ2) is 7.41. The van der Waals surface area contributed by atoms with Crippen molar-refractivity contribution in [2.45, 2.75) is 6.61 Å².